The van der Waals surface area contributed by atoms with Gasteiger partial charge in [0.15, 0.2) is 0 Å². The second-order valence-corrected chi connectivity index (χ2v) is 5.55. The zero-order valence-electron chi connectivity index (χ0n) is 11.5. The summed E-state index contributed by atoms with van der Waals surface area (Å²) in [6.07, 6.45) is 0. The maximum Gasteiger partial charge on any atom is 0.437 e. The van der Waals surface area contributed by atoms with Gasteiger partial charge in [-0.15, -0.1) is 15.3 Å². The molecular formula is C13H11N5O3S. The van der Waals surface area contributed by atoms with Crippen LogP contribution in [0.3, 0.4) is 0 Å². The SMILES string of the molecule is Cc1nnc(NC(=O)Cn2nc(-c3ccccc3)oc2=O)s1. The largest absolute Gasteiger partial charge is 0.437 e. The second-order valence-electron chi connectivity index (χ2n) is 4.37. The van der Waals surface area contributed by atoms with Crippen LogP contribution in [0.1, 0.15) is 5.01 Å². The molecule has 3 aromatic rings. The number of nitrogens with one attached hydrogen (secondary N) is 1. The van der Waals surface area contributed by atoms with Crippen LogP contribution in [-0.2, 0) is 11.3 Å². The maximum absolute atomic E-state index is 11.9. The predicted octanol–water partition coefficient (Wildman–Crippen LogP) is 1.30. The van der Waals surface area contributed by atoms with E-state index in [1.807, 2.05) is 6.07 Å². The maximum atomic E-state index is 11.9. The van der Waals surface area contributed by atoms with Gasteiger partial charge in [0, 0.05) is 5.56 Å². The van der Waals surface area contributed by atoms with E-state index in [9.17, 15) is 9.59 Å². The summed E-state index contributed by atoms with van der Waals surface area (Å²) in [4.78, 5) is 23.6. The first-order valence-corrected chi connectivity index (χ1v) is 7.17. The number of amides is 1. The monoisotopic (exact) mass is 317 g/mol. The van der Waals surface area contributed by atoms with E-state index in [-0.39, 0.29) is 12.4 Å². The van der Waals surface area contributed by atoms with Gasteiger partial charge in [-0.2, -0.15) is 4.68 Å². The molecule has 0 aliphatic carbocycles. The van der Waals surface area contributed by atoms with Gasteiger partial charge in [0.2, 0.25) is 16.9 Å². The van der Waals surface area contributed by atoms with Gasteiger partial charge >= 0.3 is 5.76 Å². The molecule has 1 amide bonds. The molecule has 1 aromatic carbocycles. The Balaban J connectivity index is 1.74. The highest BCUT2D eigenvalue weighted by molar-refractivity contribution is 7.15. The third-order valence-corrected chi connectivity index (χ3v) is 3.45. The second kappa shape index (κ2) is 5.90. The minimum Gasteiger partial charge on any atom is -0.388 e. The lowest BCUT2D eigenvalue weighted by Crippen LogP contribution is -2.25. The van der Waals surface area contributed by atoms with E-state index in [0.29, 0.717) is 10.7 Å². The molecule has 0 saturated heterocycles. The zero-order valence-corrected chi connectivity index (χ0v) is 12.3. The summed E-state index contributed by atoms with van der Waals surface area (Å²) in [5.74, 6) is -0.946. The summed E-state index contributed by atoms with van der Waals surface area (Å²) in [5.41, 5.74) is 0.665. The molecule has 0 unspecified atom stereocenters. The quantitative estimate of drug-likeness (QED) is 0.778. The molecule has 2 heterocycles. The van der Waals surface area contributed by atoms with Crippen LogP contribution >= 0.6 is 11.3 Å². The topological polar surface area (TPSA) is 103 Å². The predicted molar refractivity (Wildman–Crippen MR) is 79.5 cm³/mol. The van der Waals surface area contributed by atoms with Crippen LogP contribution in [0.25, 0.3) is 11.5 Å². The van der Waals surface area contributed by atoms with Gasteiger partial charge < -0.3 is 4.42 Å². The van der Waals surface area contributed by atoms with Crippen molar-refractivity contribution >= 4 is 22.4 Å². The Morgan fingerprint density at radius 2 is 2.09 bits per heavy atom. The number of hydrogen-bond acceptors (Lipinski definition) is 7. The van der Waals surface area contributed by atoms with Crippen LogP contribution in [0.4, 0.5) is 5.13 Å². The number of carbonyl (C=O) groups is 1. The average Bonchev–Trinajstić information content (AvgIpc) is 3.07. The first-order chi connectivity index (χ1) is 10.6. The Labute approximate surface area is 128 Å². The average molecular weight is 317 g/mol. The number of aromatic nitrogens is 4. The molecule has 0 bridgehead atoms. The van der Waals surface area contributed by atoms with E-state index >= 15 is 0 Å². The van der Waals surface area contributed by atoms with Crippen LogP contribution < -0.4 is 11.1 Å². The Kier molecular flexibility index (Phi) is 3.79. The van der Waals surface area contributed by atoms with Gasteiger partial charge in [0.25, 0.3) is 0 Å². The standard InChI is InChI=1S/C13H11N5O3S/c1-8-15-16-12(22-8)14-10(19)7-18-13(20)21-11(17-18)9-5-3-2-4-6-9/h2-6H,7H2,1H3,(H,14,16,19). The summed E-state index contributed by atoms with van der Waals surface area (Å²) in [5, 5.41) is 15.2. The van der Waals surface area contributed by atoms with Gasteiger partial charge in [-0.3, -0.25) is 10.1 Å². The van der Waals surface area contributed by atoms with Gasteiger partial charge in [-0.25, -0.2) is 4.79 Å². The van der Waals surface area contributed by atoms with Crippen molar-refractivity contribution in [1.29, 1.82) is 0 Å². The molecule has 3 rings (SSSR count). The van der Waals surface area contributed by atoms with Crippen molar-refractivity contribution in [2.75, 3.05) is 5.32 Å². The summed E-state index contributed by atoms with van der Waals surface area (Å²) in [6.45, 7) is 1.52. The van der Waals surface area contributed by atoms with Crippen molar-refractivity contribution in [3.05, 3.63) is 45.9 Å². The highest BCUT2D eigenvalue weighted by atomic mass is 32.1. The molecule has 0 spiro atoms. The van der Waals surface area contributed by atoms with Gasteiger partial charge in [0.05, 0.1) is 0 Å². The number of nitrogens with zero attached hydrogens (tertiary/aromatic N) is 4. The van der Waals surface area contributed by atoms with E-state index in [0.717, 1.165) is 9.69 Å². The molecule has 1 N–H and O–H groups in total. The van der Waals surface area contributed by atoms with E-state index in [1.165, 1.54) is 11.3 Å². The lowest BCUT2D eigenvalue weighted by Gasteiger charge is -1.99. The van der Waals surface area contributed by atoms with Crippen molar-refractivity contribution in [3.63, 3.8) is 0 Å². The Hall–Kier alpha value is -2.81. The number of aryl methyl sites for hydroxylation is 1. The van der Waals surface area contributed by atoms with Crippen LogP contribution in [-0.4, -0.2) is 25.9 Å². The fourth-order valence-corrected chi connectivity index (χ4v) is 2.35. The zero-order chi connectivity index (χ0) is 15.5. The summed E-state index contributed by atoms with van der Waals surface area (Å²) >= 11 is 1.25. The van der Waals surface area contributed by atoms with E-state index in [2.05, 4.69) is 20.6 Å². The minimum absolute atomic E-state index is 0.171. The van der Waals surface area contributed by atoms with E-state index in [1.54, 1.807) is 31.2 Å². The van der Waals surface area contributed by atoms with Gasteiger partial charge in [0.1, 0.15) is 11.6 Å². The third-order valence-electron chi connectivity index (χ3n) is 2.69. The molecule has 112 valence electrons. The van der Waals surface area contributed by atoms with Crippen LogP contribution in [0.15, 0.2) is 39.5 Å². The molecule has 9 heteroatoms. The number of rotatable bonds is 4. The molecule has 0 aliphatic rings. The Morgan fingerprint density at radius 1 is 1.32 bits per heavy atom. The van der Waals surface area contributed by atoms with Gasteiger partial charge in [-0.1, -0.05) is 29.5 Å². The van der Waals surface area contributed by atoms with E-state index < -0.39 is 11.7 Å². The van der Waals surface area contributed by atoms with Crippen molar-refractivity contribution in [1.82, 2.24) is 20.0 Å². The number of hydrogen-bond donors (Lipinski definition) is 1. The molecule has 2 aromatic heterocycles. The highest BCUT2D eigenvalue weighted by Crippen LogP contribution is 2.15. The number of carbonyl (C=O) groups excluding carboxylic acids is 1. The summed E-state index contributed by atoms with van der Waals surface area (Å²) in [6, 6.07) is 8.98. The summed E-state index contributed by atoms with van der Waals surface area (Å²) < 4.78 is 6.01. The molecule has 0 saturated carbocycles. The van der Waals surface area contributed by atoms with E-state index in [4.69, 9.17) is 4.42 Å². The van der Waals surface area contributed by atoms with Crippen molar-refractivity contribution in [3.8, 4) is 11.5 Å². The molecular weight excluding hydrogens is 306 g/mol. The molecule has 8 nitrogen and oxygen atoms in total. The normalized spacial score (nSPS) is 10.6. The van der Waals surface area contributed by atoms with Crippen LogP contribution in [0.5, 0.6) is 0 Å². The number of benzene rings is 1. The van der Waals surface area contributed by atoms with Crippen molar-refractivity contribution < 1.29 is 9.21 Å². The van der Waals surface area contributed by atoms with Gasteiger partial charge in [-0.05, 0) is 19.1 Å². The molecule has 0 atom stereocenters. The molecule has 22 heavy (non-hydrogen) atoms. The third kappa shape index (κ3) is 3.09. The van der Waals surface area contributed by atoms with Crippen LogP contribution in [0, 0.1) is 6.92 Å². The van der Waals surface area contributed by atoms with Crippen LogP contribution in [0.2, 0.25) is 0 Å². The summed E-state index contributed by atoms with van der Waals surface area (Å²) in [7, 11) is 0. The molecule has 0 fully saturated rings. The highest BCUT2D eigenvalue weighted by Gasteiger charge is 2.14. The fraction of sp³-hybridized carbons (Fsp3) is 0.154. The minimum atomic E-state index is -0.692. The molecule has 0 radical (unpaired) electrons. The lowest BCUT2D eigenvalue weighted by molar-refractivity contribution is -0.117. The Bertz CT molecular complexity index is 852. The lowest BCUT2D eigenvalue weighted by atomic mass is 10.2. The fourth-order valence-electron chi connectivity index (χ4n) is 1.75. The van der Waals surface area contributed by atoms with Crippen molar-refractivity contribution in [2.45, 2.75) is 13.5 Å². The molecule has 0 aliphatic heterocycles. The first kappa shape index (κ1) is 14.1. The number of anilines is 1. The smallest absolute Gasteiger partial charge is 0.388 e. The van der Waals surface area contributed by atoms with Crippen molar-refractivity contribution in [2.24, 2.45) is 0 Å². The first-order valence-electron chi connectivity index (χ1n) is 6.35. The Morgan fingerprint density at radius 3 is 2.77 bits per heavy atom.